The lowest BCUT2D eigenvalue weighted by atomic mass is 9.60. The number of aliphatic hydroxyl groups is 3. The van der Waals surface area contributed by atoms with Crippen molar-refractivity contribution in [3.05, 3.63) is 47.6 Å². The van der Waals surface area contributed by atoms with Crippen LogP contribution in [0.5, 0.6) is 0 Å². The minimum Gasteiger partial charge on any atom is -0.390 e. The summed E-state index contributed by atoms with van der Waals surface area (Å²) in [5, 5.41) is 30.7. The fraction of sp³-hybridized carbons (Fsp3) is 0.724. The average molecular weight is 443 g/mol. The third kappa shape index (κ3) is 5.32. The Balaban J connectivity index is 1.77. The second kappa shape index (κ2) is 9.99. The quantitative estimate of drug-likeness (QED) is 0.435. The molecule has 0 bridgehead atoms. The summed E-state index contributed by atoms with van der Waals surface area (Å²) in [6, 6.07) is 0. The van der Waals surface area contributed by atoms with E-state index < -0.39 is 17.8 Å². The van der Waals surface area contributed by atoms with Gasteiger partial charge in [0.15, 0.2) is 0 Å². The highest BCUT2D eigenvalue weighted by Crippen LogP contribution is 2.60. The van der Waals surface area contributed by atoms with Gasteiger partial charge in [-0.3, -0.25) is 0 Å². The molecule has 3 aliphatic rings. The van der Waals surface area contributed by atoms with Crippen LogP contribution in [0.15, 0.2) is 47.6 Å². The number of rotatable bonds is 6. The normalized spacial score (nSPS) is 37.1. The lowest BCUT2D eigenvalue weighted by molar-refractivity contribution is 0.0435. The number of aliphatic hydroxyl groups excluding tert-OH is 2. The van der Waals surface area contributed by atoms with Crippen molar-refractivity contribution in [2.75, 3.05) is 0 Å². The minimum absolute atomic E-state index is 0.146. The molecule has 0 unspecified atom stereocenters. The summed E-state index contributed by atoms with van der Waals surface area (Å²) >= 11 is 0. The van der Waals surface area contributed by atoms with E-state index in [9.17, 15) is 15.3 Å². The Kier molecular flexibility index (Phi) is 7.95. The van der Waals surface area contributed by atoms with Crippen molar-refractivity contribution in [2.24, 2.45) is 29.1 Å². The van der Waals surface area contributed by atoms with Gasteiger partial charge < -0.3 is 15.3 Å². The van der Waals surface area contributed by atoms with Crippen molar-refractivity contribution in [2.45, 2.75) is 104 Å². The topological polar surface area (TPSA) is 60.7 Å². The van der Waals surface area contributed by atoms with Crippen molar-refractivity contribution in [3.8, 4) is 0 Å². The number of hydrogen-bond donors (Lipinski definition) is 3. The van der Waals surface area contributed by atoms with Gasteiger partial charge in [-0.2, -0.15) is 0 Å². The first kappa shape index (κ1) is 25.5. The van der Waals surface area contributed by atoms with Crippen molar-refractivity contribution in [3.63, 3.8) is 0 Å². The van der Waals surface area contributed by atoms with Crippen LogP contribution in [0.4, 0.5) is 0 Å². The van der Waals surface area contributed by atoms with Crippen molar-refractivity contribution in [1.82, 2.24) is 0 Å². The van der Waals surface area contributed by atoms with Crippen LogP contribution in [0, 0.1) is 29.1 Å². The smallest absolute Gasteiger partial charge is 0.0809 e. The molecule has 0 aliphatic heterocycles. The first-order valence-electron chi connectivity index (χ1n) is 12.8. The summed E-state index contributed by atoms with van der Waals surface area (Å²) in [6.45, 7) is 14.5. The predicted molar refractivity (Wildman–Crippen MR) is 133 cm³/mol. The van der Waals surface area contributed by atoms with Gasteiger partial charge >= 0.3 is 0 Å². The maximum Gasteiger partial charge on any atom is 0.0809 e. The van der Waals surface area contributed by atoms with Crippen molar-refractivity contribution < 1.29 is 15.3 Å². The van der Waals surface area contributed by atoms with E-state index in [4.69, 9.17) is 0 Å². The lowest BCUT2D eigenvalue weighted by Gasteiger charge is -2.44. The van der Waals surface area contributed by atoms with Gasteiger partial charge in [-0.05, 0) is 94.0 Å². The molecule has 32 heavy (non-hydrogen) atoms. The molecule has 3 saturated carbocycles. The predicted octanol–water partition coefficient (Wildman–Crippen LogP) is 6.12. The molecule has 0 saturated heterocycles. The molecule has 0 aromatic carbocycles. The van der Waals surface area contributed by atoms with Gasteiger partial charge in [-0.15, -0.1) is 0 Å². The van der Waals surface area contributed by atoms with Crippen LogP contribution in [0.25, 0.3) is 0 Å². The van der Waals surface area contributed by atoms with Gasteiger partial charge in [0.25, 0.3) is 0 Å². The molecule has 3 aliphatic carbocycles. The van der Waals surface area contributed by atoms with E-state index in [1.54, 1.807) is 5.57 Å². The van der Waals surface area contributed by atoms with Gasteiger partial charge in [-0.25, -0.2) is 0 Å². The summed E-state index contributed by atoms with van der Waals surface area (Å²) < 4.78 is 0. The highest BCUT2D eigenvalue weighted by Gasteiger charge is 2.50. The standard InChI is InChI=1S/C29H46O3/c1-7-22(12-10-19(2)28(4,5)32)24-14-15-25-23(9-8-16-29(24,25)6)13-11-21-17-26(30)20(3)27(31)18-21/h10-13,19,22,24-27,30-32H,3,7-9,14-18H2,1-2,4-6H3/b12-10+,23-13+/t19-,22-,24-,25+,26-,27-,29-/m1/s1. The van der Waals surface area contributed by atoms with Crippen LogP contribution < -0.4 is 0 Å². The molecular formula is C29H46O3. The van der Waals surface area contributed by atoms with E-state index in [2.05, 4.69) is 51.7 Å². The highest BCUT2D eigenvalue weighted by molar-refractivity contribution is 5.29. The molecule has 3 N–H and O–H groups in total. The Morgan fingerprint density at radius 2 is 1.78 bits per heavy atom. The third-order valence-electron chi connectivity index (χ3n) is 9.09. The van der Waals surface area contributed by atoms with Crippen LogP contribution in [0.2, 0.25) is 0 Å². The van der Waals surface area contributed by atoms with Crippen LogP contribution in [0.1, 0.15) is 86.0 Å². The molecule has 0 spiro atoms. The molecular weight excluding hydrogens is 396 g/mol. The maximum absolute atomic E-state index is 10.3. The van der Waals surface area contributed by atoms with Crippen LogP contribution in [-0.4, -0.2) is 33.1 Å². The average Bonchev–Trinajstić information content (AvgIpc) is 3.07. The molecule has 0 radical (unpaired) electrons. The van der Waals surface area contributed by atoms with E-state index in [1.807, 2.05) is 13.8 Å². The van der Waals surface area contributed by atoms with E-state index in [-0.39, 0.29) is 5.92 Å². The first-order chi connectivity index (χ1) is 15.0. The zero-order chi connectivity index (χ0) is 23.7. The fourth-order valence-corrected chi connectivity index (χ4v) is 6.51. The highest BCUT2D eigenvalue weighted by atomic mass is 16.3. The summed E-state index contributed by atoms with van der Waals surface area (Å²) in [4.78, 5) is 0. The van der Waals surface area contributed by atoms with Crippen LogP contribution in [-0.2, 0) is 0 Å². The molecule has 0 aromatic rings. The molecule has 7 atom stereocenters. The Morgan fingerprint density at radius 3 is 2.38 bits per heavy atom. The van der Waals surface area contributed by atoms with E-state index in [0.29, 0.717) is 41.6 Å². The van der Waals surface area contributed by atoms with Crippen LogP contribution in [0.3, 0.4) is 0 Å². The van der Waals surface area contributed by atoms with Gasteiger partial charge in [0.1, 0.15) is 0 Å². The number of hydrogen-bond acceptors (Lipinski definition) is 3. The summed E-state index contributed by atoms with van der Waals surface area (Å²) in [6.07, 6.45) is 16.4. The Bertz CT molecular complexity index is 752. The van der Waals surface area contributed by atoms with Gasteiger partial charge in [0, 0.05) is 5.92 Å². The summed E-state index contributed by atoms with van der Waals surface area (Å²) in [7, 11) is 0. The summed E-state index contributed by atoms with van der Waals surface area (Å²) in [5.41, 5.74) is 2.88. The van der Waals surface area contributed by atoms with Gasteiger partial charge in [-0.1, -0.05) is 62.8 Å². The summed E-state index contributed by atoms with van der Waals surface area (Å²) in [5.74, 6) is 2.01. The van der Waals surface area contributed by atoms with Gasteiger partial charge in [0.05, 0.1) is 17.8 Å². The maximum atomic E-state index is 10.3. The van der Waals surface area contributed by atoms with E-state index >= 15 is 0 Å². The van der Waals surface area contributed by atoms with Gasteiger partial charge in [0.2, 0.25) is 0 Å². The van der Waals surface area contributed by atoms with Crippen molar-refractivity contribution in [1.29, 1.82) is 0 Å². The molecule has 3 nitrogen and oxygen atoms in total. The molecule has 0 amide bonds. The Morgan fingerprint density at radius 1 is 1.12 bits per heavy atom. The molecule has 3 rings (SSSR count). The number of allylic oxidation sites excluding steroid dienone is 4. The zero-order valence-corrected chi connectivity index (χ0v) is 21.0. The largest absolute Gasteiger partial charge is 0.390 e. The first-order valence-corrected chi connectivity index (χ1v) is 12.8. The number of fused-ring (bicyclic) bond motifs is 1. The zero-order valence-electron chi connectivity index (χ0n) is 21.0. The molecule has 0 heterocycles. The molecule has 180 valence electrons. The fourth-order valence-electron chi connectivity index (χ4n) is 6.51. The minimum atomic E-state index is -0.683. The van der Waals surface area contributed by atoms with E-state index in [0.717, 1.165) is 18.4 Å². The Labute approximate surface area is 196 Å². The third-order valence-corrected chi connectivity index (χ3v) is 9.09. The molecule has 3 fully saturated rings. The van der Waals surface area contributed by atoms with Crippen LogP contribution >= 0.6 is 0 Å². The second-order valence-electron chi connectivity index (χ2n) is 11.6. The second-order valence-corrected chi connectivity index (χ2v) is 11.6. The van der Waals surface area contributed by atoms with E-state index in [1.165, 1.54) is 25.7 Å². The lowest BCUT2D eigenvalue weighted by Crippen LogP contribution is -2.36. The molecule has 0 aromatic heterocycles. The molecule has 3 heteroatoms. The monoisotopic (exact) mass is 442 g/mol. The van der Waals surface area contributed by atoms with Crippen molar-refractivity contribution >= 4 is 0 Å². The SMILES string of the molecule is C=C1[C@H](O)CC(=C/C=C2\CCC[C@]3(C)[C@@H]([C@@H](/C=C/[C@@H](C)C(C)(C)O)CC)CC[C@@H]23)C[C@H]1O. The Hall–Kier alpha value is -1.16.